The van der Waals surface area contributed by atoms with Crippen molar-refractivity contribution in [1.82, 2.24) is 5.32 Å². The number of hydrogen-bond acceptors (Lipinski definition) is 6. The van der Waals surface area contributed by atoms with Crippen molar-refractivity contribution in [3.05, 3.63) is 33.5 Å². The van der Waals surface area contributed by atoms with Crippen LogP contribution in [-0.4, -0.2) is 40.8 Å². The van der Waals surface area contributed by atoms with Crippen LogP contribution in [0.4, 0.5) is 4.79 Å². The van der Waals surface area contributed by atoms with E-state index < -0.39 is 17.8 Å². The first-order valence-corrected chi connectivity index (χ1v) is 10.7. The molecule has 0 saturated heterocycles. The van der Waals surface area contributed by atoms with Crippen LogP contribution in [0.2, 0.25) is 0 Å². The molecule has 1 amide bonds. The van der Waals surface area contributed by atoms with Crippen molar-refractivity contribution >= 4 is 23.2 Å². The number of ketones is 1. The first-order valence-electron chi connectivity index (χ1n) is 9.83. The monoisotopic (exact) mass is 408 g/mol. The van der Waals surface area contributed by atoms with Gasteiger partial charge in [0.2, 0.25) is 0 Å². The van der Waals surface area contributed by atoms with E-state index in [1.165, 1.54) is 11.3 Å². The van der Waals surface area contributed by atoms with E-state index in [9.17, 15) is 14.7 Å². The number of amides is 1. The number of ether oxygens (including phenoxy) is 1. The highest BCUT2D eigenvalue weighted by Crippen LogP contribution is 2.32. The van der Waals surface area contributed by atoms with Crippen molar-refractivity contribution in [2.45, 2.75) is 83.6 Å². The van der Waals surface area contributed by atoms with Gasteiger partial charge in [0.15, 0.2) is 5.78 Å². The third-order valence-corrected chi connectivity index (χ3v) is 5.69. The summed E-state index contributed by atoms with van der Waals surface area (Å²) in [4.78, 5) is 25.8. The van der Waals surface area contributed by atoms with Gasteiger partial charge in [0, 0.05) is 11.6 Å². The molecular formula is C21H32N2O4S. The standard InChI is InChI=1S/C21H32N2O4S/c1-5-14(24)9-8-13-11-17(23-20(26)27-21(2,3)4)16(22)12-15(13)19(25)18-7-6-10-28-18/h6-7,10,14,16-17,24H,5,8-9,11-12,22H2,1-4H3,(H,23,26)/t14?,16-,17-/m0/s1. The molecule has 6 nitrogen and oxygen atoms in total. The summed E-state index contributed by atoms with van der Waals surface area (Å²) in [6.45, 7) is 7.36. The van der Waals surface area contributed by atoms with Crippen molar-refractivity contribution in [1.29, 1.82) is 0 Å². The number of nitrogens with one attached hydrogen (secondary N) is 1. The van der Waals surface area contributed by atoms with Crippen LogP contribution in [-0.2, 0) is 4.74 Å². The van der Waals surface area contributed by atoms with Crippen LogP contribution in [0.3, 0.4) is 0 Å². The molecule has 0 aliphatic heterocycles. The Morgan fingerprint density at radius 3 is 2.68 bits per heavy atom. The Morgan fingerprint density at radius 2 is 2.11 bits per heavy atom. The first kappa shape index (κ1) is 22.6. The third-order valence-electron chi connectivity index (χ3n) is 4.82. The number of rotatable bonds is 7. The van der Waals surface area contributed by atoms with E-state index in [0.717, 1.165) is 11.1 Å². The zero-order chi connectivity index (χ0) is 20.9. The van der Waals surface area contributed by atoms with E-state index in [4.69, 9.17) is 10.5 Å². The van der Waals surface area contributed by atoms with Gasteiger partial charge in [-0.25, -0.2) is 4.79 Å². The molecule has 156 valence electrons. The quantitative estimate of drug-likeness (QED) is 0.596. The minimum absolute atomic E-state index is 0.00200. The number of aliphatic hydroxyl groups excluding tert-OH is 1. The lowest BCUT2D eigenvalue weighted by atomic mass is 9.80. The number of aliphatic hydroxyl groups is 1. The highest BCUT2D eigenvalue weighted by Gasteiger charge is 2.33. The van der Waals surface area contributed by atoms with Gasteiger partial charge in [-0.2, -0.15) is 0 Å². The van der Waals surface area contributed by atoms with Crippen molar-refractivity contribution in [3.8, 4) is 0 Å². The lowest BCUT2D eigenvalue weighted by Gasteiger charge is -2.33. The number of thiophene rings is 1. The highest BCUT2D eigenvalue weighted by molar-refractivity contribution is 7.12. The summed E-state index contributed by atoms with van der Waals surface area (Å²) in [5.41, 5.74) is 7.41. The molecule has 1 unspecified atom stereocenters. The minimum Gasteiger partial charge on any atom is -0.444 e. The van der Waals surface area contributed by atoms with Gasteiger partial charge in [-0.15, -0.1) is 11.3 Å². The Hall–Kier alpha value is -1.70. The predicted octanol–water partition coefficient (Wildman–Crippen LogP) is 3.79. The van der Waals surface area contributed by atoms with Crippen molar-refractivity contribution in [3.63, 3.8) is 0 Å². The number of hydrogen-bond donors (Lipinski definition) is 3. The molecule has 0 spiro atoms. The second-order valence-electron chi connectivity index (χ2n) is 8.31. The number of carbonyl (C=O) groups excluding carboxylic acids is 2. The fourth-order valence-electron chi connectivity index (χ4n) is 3.29. The molecule has 1 heterocycles. The Bertz CT molecular complexity index is 706. The molecule has 1 aliphatic rings. The SMILES string of the molecule is CCC(O)CCC1=C(C(=O)c2cccs2)C[C@H](N)[C@@H](NC(=O)OC(C)(C)C)C1. The topological polar surface area (TPSA) is 102 Å². The smallest absolute Gasteiger partial charge is 0.407 e. The van der Waals surface area contributed by atoms with E-state index in [-0.39, 0.29) is 17.9 Å². The van der Waals surface area contributed by atoms with Crippen LogP contribution in [0.1, 0.15) is 69.5 Å². The molecule has 1 aliphatic carbocycles. The summed E-state index contributed by atoms with van der Waals surface area (Å²) < 4.78 is 5.35. The lowest BCUT2D eigenvalue weighted by Crippen LogP contribution is -2.51. The summed E-state index contributed by atoms with van der Waals surface area (Å²) in [7, 11) is 0. The Balaban J connectivity index is 2.20. The molecule has 7 heteroatoms. The number of alkyl carbamates (subject to hydrolysis) is 1. The molecule has 28 heavy (non-hydrogen) atoms. The molecule has 0 aromatic carbocycles. The lowest BCUT2D eigenvalue weighted by molar-refractivity contribution is 0.0494. The molecule has 0 radical (unpaired) electrons. The minimum atomic E-state index is -0.590. The maximum atomic E-state index is 13.0. The highest BCUT2D eigenvalue weighted by atomic mass is 32.1. The van der Waals surface area contributed by atoms with Gasteiger partial charge >= 0.3 is 6.09 Å². The number of nitrogens with two attached hydrogens (primary N) is 1. The first-order chi connectivity index (χ1) is 13.1. The second-order valence-corrected chi connectivity index (χ2v) is 9.26. The summed E-state index contributed by atoms with van der Waals surface area (Å²) in [6.07, 6.45) is 1.84. The van der Waals surface area contributed by atoms with Gasteiger partial charge in [-0.3, -0.25) is 4.79 Å². The van der Waals surface area contributed by atoms with Crippen LogP contribution in [0.25, 0.3) is 0 Å². The van der Waals surface area contributed by atoms with Gasteiger partial charge < -0.3 is 20.9 Å². The molecule has 0 bridgehead atoms. The van der Waals surface area contributed by atoms with Crippen LogP contribution >= 0.6 is 11.3 Å². The van der Waals surface area contributed by atoms with Crippen LogP contribution < -0.4 is 11.1 Å². The number of Topliss-reactive ketones (excluding diaryl/α,β-unsaturated/α-hetero) is 1. The van der Waals surface area contributed by atoms with Crippen LogP contribution in [0.15, 0.2) is 28.7 Å². The molecule has 0 saturated carbocycles. The molecule has 0 fully saturated rings. The zero-order valence-corrected chi connectivity index (χ0v) is 18.0. The van der Waals surface area contributed by atoms with Crippen molar-refractivity contribution < 1.29 is 19.4 Å². The van der Waals surface area contributed by atoms with E-state index in [1.54, 1.807) is 0 Å². The van der Waals surface area contributed by atoms with Crippen LogP contribution in [0.5, 0.6) is 0 Å². The van der Waals surface area contributed by atoms with Crippen molar-refractivity contribution in [2.75, 3.05) is 0 Å². The fourth-order valence-corrected chi connectivity index (χ4v) is 3.98. The Kier molecular flexibility index (Phi) is 7.80. The zero-order valence-electron chi connectivity index (χ0n) is 17.2. The van der Waals surface area contributed by atoms with Gasteiger partial charge in [-0.1, -0.05) is 18.6 Å². The normalized spacial score (nSPS) is 21.4. The van der Waals surface area contributed by atoms with Gasteiger partial charge in [0.1, 0.15) is 5.60 Å². The van der Waals surface area contributed by atoms with E-state index in [2.05, 4.69) is 5.32 Å². The molecular weight excluding hydrogens is 376 g/mol. The summed E-state index contributed by atoms with van der Waals surface area (Å²) >= 11 is 1.41. The molecule has 1 aromatic rings. The van der Waals surface area contributed by atoms with E-state index >= 15 is 0 Å². The molecule has 1 aromatic heterocycles. The Labute approximate surface area is 171 Å². The third kappa shape index (κ3) is 6.43. The van der Waals surface area contributed by atoms with Gasteiger partial charge in [0.05, 0.1) is 17.0 Å². The fraction of sp³-hybridized carbons (Fsp3) is 0.619. The summed E-state index contributed by atoms with van der Waals surface area (Å²) in [6, 6.07) is 3.00. The summed E-state index contributed by atoms with van der Waals surface area (Å²) in [5, 5.41) is 14.7. The second kappa shape index (κ2) is 9.67. The average Bonchev–Trinajstić information content (AvgIpc) is 3.14. The maximum absolute atomic E-state index is 13.0. The summed E-state index contributed by atoms with van der Waals surface area (Å²) in [5.74, 6) is 0.00200. The number of carbonyl (C=O) groups is 2. The van der Waals surface area contributed by atoms with E-state index in [0.29, 0.717) is 37.0 Å². The Morgan fingerprint density at radius 1 is 1.39 bits per heavy atom. The molecule has 4 N–H and O–H groups in total. The molecule has 2 rings (SSSR count). The van der Waals surface area contributed by atoms with Crippen LogP contribution in [0, 0.1) is 0 Å². The average molecular weight is 409 g/mol. The maximum Gasteiger partial charge on any atom is 0.407 e. The van der Waals surface area contributed by atoms with Gasteiger partial charge in [-0.05, 0) is 64.3 Å². The van der Waals surface area contributed by atoms with E-state index in [1.807, 2.05) is 45.2 Å². The van der Waals surface area contributed by atoms with Crippen molar-refractivity contribution in [2.24, 2.45) is 5.73 Å². The largest absolute Gasteiger partial charge is 0.444 e. The predicted molar refractivity (Wildman–Crippen MR) is 112 cm³/mol. The molecule has 3 atom stereocenters. The van der Waals surface area contributed by atoms with Gasteiger partial charge in [0.25, 0.3) is 0 Å².